The van der Waals surface area contributed by atoms with Crippen molar-refractivity contribution in [3.8, 4) is 5.75 Å². The number of benzene rings is 1. The Morgan fingerprint density at radius 1 is 1.22 bits per heavy atom. The van der Waals surface area contributed by atoms with Gasteiger partial charge in [0, 0.05) is 55.0 Å². The molecule has 0 spiro atoms. The first-order chi connectivity index (χ1) is 15.7. The number of ether oxygens (including phenoxy) is 1. The Balaban J connectivity index is 1.14. The fraction of sp³-hybridized carbons (Fsp3) is 0.583. The number of hydrogen-bond acceptors (Lipinski definition) is 6. The van der Waals surface area contributed by atoms with Crippen LogP contribution in [0.4, 0.5) is 9.93 Å². The van der Waals surface area contributed by atoms with E-state index in [4.69, 9.17) is 9.72 Å². The molecule has 0 saturated carbocycles. The second kappa shape index (κ2) is 8.23. The van der Waals surface area contributed by atoms with Gasteiger partial charge in [0.2, 0.25) is 0 Å². The molecule has 0 radical (unpaired) electrons. The SMILES string of the molecule is CCN1CC2CCC(C1)N2c1nc2c(s1)CN(C(=O)N[C@H]1CCOc3ccccc31)CC2. The van der Waals surface area contributed by atoms with Gasteiger partial charge in [-0.15, -0.1) is 0 Å². The Morgan fingerprint density at radius 2 is 2.03 bits per heavy atom. The van der Waals surface area contributed by atoms with Gasteiger partial charge in [0.25, 0.3) is 0 Å². The maximum Gasteiger partial charge on any atom is 0.318 e. The van der Waals surface area contributed by atoms with Crippen LogP contribution in [0.2, 0.25) is 0 Å². The van der Waals surface area contributed by atoms with Crippen molar-refractivity contribution in [3.05, 3.63) is 40.4 Å². The molecule has 7 nitrogen and oxygen atoms in total. The van der Waals surface area contributed by atoms with E-state index in [2.05, 4.69) is 28.1 Å². The normalized spacial score (nSPS) is 27.0. The van der Waals surface area contributed by atoms with E-state index in [-0.39, 0.29) is 12.1 Å². The van der Waals surface area contributed by atoms with Crippen molar-refractivity contribution in [1.29, 1.82) is 0 Å². The summed E-state index contributed by atoms with van der Waals surface area (Å²) in [6, 6.07) is 9.23. The number of aromatic nitrogens is 1. The predicted molar refractivity (Wildman–Crippen MR) is 125 cm³/mol. The molecule has 2 unspecified atom stereocenters. The number of carbonyl (C=O) groups excluding carboxylic acids is 1. The van der Waals surface area contributed by atoms with Crippen molar-refractivity contribution in [3.63, 3.8) is 0 Å². The largest absolute Gasteiger partial charge is 0.493 e. The summed E-state index contributed by atoms with van der Waals surface area (Å²) in [5, 5.41) is 4.44. The Bertz CT molecular complexity index is 996. The number of piperazine rings is 1. The maximum absolute atomic E-state index is 13.1. The number of amides is 2. The summed E-state index contributed by atoms with van der Waals surface area (Å²) in [5.74, 6) is 0.884. The van der Waals surface area contributed by atoms with Gasteiger partial charge < -0.3 is 19.9 Å². The van der Waals surface area contributed by atoms with E-state index in [9.17, 15) is 4.79 Å². The zero-order chi connectivity index (χ0) is 21.7. The minimum atomic E-state index is 0.0105. The van der Waals surface area contributed by atoms with Crippen LogP contribution >= 0.6 is 11.3 Å². The van der Waals surface area contributed by atoms with E-state index in [0.29, 0.717) is 25.2 Å². The molecular weight excluding hydrogens is 422 g/mol. The molecule has 1 aromatic carbocycles. The number of thiazole rings is 1. The van der Waals surface area contributed by atoms with Crippen LogP contribution in [0.1, 0.15) is 48.4 Å². The van der Waals surface area contributed by atoms with E-state index >= 15 is 0 Å². The van der Waals surface area contributed by atoms with Crippen LogP contribution in [-0.2, 0) is 13.0 Å². The molecular formula is C24H31N5O2S. The molecule has 2 saturated heterocycles. The summed E-state index contributed by atoms with van der Waals surface area (Å²) >= 11 is 1.81. The highest BCUT2D eigenvalue weighted by Gasteiger charge is 2.41. The van der Waals surface area contributed by atoms with E-state index in [1.165, 1.54) is 28.5 Å². The lowest BCUT2D eigenvalue weighted by atomic mass is 10.0. The second-order valence-corrected chi connectivity index (χ2v) is 10.4. The highest BCUT2D eigenvalue weighted by atomic mass is 32.1. The number of nitrogens with zero attached hydrogens (tertiary/aromatic N) is 4. The van der Waals surface area contributed by atoms with Crippen LogP contribution < -0.4 is 15.0 Å². The van der Waals surface area contributed by atoms with Crippen LogP contribution in [0.5, 0.6) is 5.75 Å². The Morgan fingerprint density at radius 3 is 2.84 bits per heavy atom. The number of fused-ring (bicyclic) bond motifs is 4. The van der Waals surface area contributed by atoms with Crippen LogP contribution in [0, 0.1) is 0 Å². The van der Waals surface area contributed by atoms with Crippen LogP contribution in [0.25, 0.3) is 0 Å². The fourth-order valence-corrected chi connectivity index (χ4v) is 7.02. The summed E-state index contributed by atoms with van der Waals surface area (Å²) in [6.07, 6.45) is 4.19. The van der Waals surface area contributed by atoms with Crippen LogP contribution in [-0.4, -0.2) is 65.7 Å². The third kappa shape index (κ3) is 3.53. The van der Waals surface area contributed by atoms with E-state index in [1.54, 1.807) is 0 Å². The molecule has 5 heterocycles. The number of likely N-dealkylation sites (tertiary alicyclic amines) is 1. The molecule has 3 atom stereocenters. The molecule has 4 aliphatic heterocycles. The Labute approximate surface area is 193 Å². The standard InChI is InChI=1S/C24H31N5O2S/c1-2-27-13-16-7-8-17(14-27)29(16)24-26-20-9-11-28(15-22(20)32-24)23(30)25-19-10-12-31-21-6-4-3-5-18(19)21/h3-6,16-17,19H,2,7-15H2,1H3,(H,25,30)/t16?,17?,19-/m0/s1. The third-order valence-corrected chi connectivity index (χ3v) is 8.59. The highest BCUT2D eigenvalue weighted by Crippen LogP contribution is 2.39. The second-order valence-electron chi connectivity index (χ2n) is 9.36. The van der Waals surface area contributed by atoms with Crippen molar-refractivity contribution < 1.29 is 9.53 Å². The molecule has 170 valence electrons. The highest BCUT2D eigenvalue weighted by molar-refractivity contribution is 7.15. The predicted octanol–water partition coefficient (Wildman–Crippen LogP) is 3.41. The molecule has 2 bridgehead atoms. The summed E-state index contributed by atoms with van der Waals surface area (Å²) in [5.41, 5.74) is 2.27. The molecule has 4 aliphatic rings. The number of anilines is 1. The van der Waals surface area contributed by atoms with E-state index < -0.39 is 0 Å². The summed E-state index contributed by atoms with van der Waals surface area (Å²) in [7, 11) is 0. The van der Waals surface area contributed by atoms with Gasteiger partial charge in [0.05, 0.1) is 24.9 Å². The lowest BCUT2D eigenvalue weighted by Gasteiger charge is -2.40. The molecule has 2 aromatic rings. The van der Waals surface area contributed by atoms with E-state index in [0.717, 1.165) is 50.3 Å². The van der Waals surface area contributed by atoms with Crippen molar-refractivity contribution in [2.45, 2.75) is 57.3 Å². The molecule has 6 rings (SSSR count). The first-order valence-electron chi connectivity index (χ1n) is 12.0. The van der Waals surface area contributed by atoms with Gasteiger partial charge in [0.15, 0.2) is 5.13 Å². The first-order valence-corrected chi connectivity index (χ1v) is 12.8. The molecule has 2 fully saturated rings. The quantitative estimate of drug-likeness (QED) is 0.772. The lowest BCUT2D eigenvalue weighted by Crippen LogP contribution is -2.53. The van der Waals surface area contributed by atoms with E-state index in [1.807, 2.05) is 34.4 Å². The average Bonchev–Trinajstić information content (AvgIpc) is 3.35. The molecule has 0 aliphatic carbocycles. The van der Waals surface area contributed by atoms with Crippen molar-refractivity contribution in [1.82, 2.24) is 20.1 Å². The van der Waals surface area contributed by atoms with Gasteiger partial charge >= 0.3 is 6.03 Å². The van der Waals surface area contributed by atoms with Crippen molar-refractivity contribution in [2.24, 2.45) is 0 Å². The number of rotatable bonds is 3. The van der Waals surface area contributed by atoms with Crippen LogP contribution in [0.15, 0.2) is 24.3 Å². The Kier molecular flexibility index (Phi) is 5.22. The smallest absolute Gasteiger partial charge is 0.318 e. The van der Waals surface area contributed by atoms with Gasteiger partial charge in [-0.05, 0) is 25.5 Å². The summed E-state index contributed by atoms with van der Waals surface area (Å²) in [6.45, 7) is 7.72. The molecule has 1 N–H and O–H groups in total. The molecule has 2 amide bonds. The number of hydrogen-bond donors (Lipinski definition) is 1. The van der Waals surface area contributed by atoms with Gasteiger partial charge in [0.1, 0.15) is 5.75 Å². The Hall–Kier alpha value is -2.32. The monoisotopic (exact) mass is 453 g/mol. The zero-order valence-corrected chi connectivity index (χ0v) is 19.4. The molecule has 1 aromatic heterocycles. The molecule has 32 heavy (non-hydrogen) atoms. The lowest BCUT2D eigenvalue weighted by molar-refractivity contribution is 0.181. The number of carbonyl (C=O) groups is 1. The fourth-order valence-electron chi connectivity index (χ4n) is 5.76. The average molecular weight is 454 g/mol. The number of likely N-dealkylation sites (N-methyl/N-ethyl adjacent to an activating group) is 1. The van der Waals surface area contributed by atoms with Gasteiger partial charge in [-0.3, -0.25) is 4.90 Å². The topological polar surface area (TPSA) is 60.9 Å². The van der Waals surface area contributed by atoms with Gasteiger partial charge in [-0.1, -0.05) is 36.5 Å². The number of para-hydroxylation sites is 1. The number of nitrogens with one attached hydrogen (secondary N) is 1. The third-order valence-electron chi connectivity index (χ3n) is 7.49. The van der Waals surface area contributed by atoms with Gasteiger partial charge in [-0.2, -0.15) is 0 Å². The van der Waals surface area contributed by atoms with Crippen molar-refractivity contribution in [2.75, 3.05) is 37.7 Å². The van der Waals surface area contributed by atoms with Crippen molar-refractivity contribution >= 4 is 22.5 Å². The molecule has 8 heteroatoms. The summed E-state index contributed by atoms with van der Waals surface area (Å²) < 4.78 is 5.74. The number of urea groups is 1. The first kappa shape index (κ1) is 20.3. The van der Waals surface area contributed by atoms with Gasteiger partial charge in [-0.25, -0.2) is 9.78 Å². The van der Waals surface area contributed by atoms with Crippen LogP contribution in [0.3, 0.4) is 0 Å². The zero-order valence-electron chi connectivity index (χ0n) is 18.6. The summed E-state index contributed by atoms with van der Waals surface area (Å²) in [4.78, 5) is 26.6. The maximum atomic E-state index is 13.1. The minimum Gasteiger partial charge on any atom is -0.493 e. The minimum absolute atomic E-state index is 0.0105.